The Balaban J connectivity index is 2.05. The van der Waals surface area contributed by atoms with Crippen LogP contribution in [0.1, 0.15) is 39.5 Å². The normalized spacial score (nSPS) is 23.0. The van der Waals surface area contributed by atoms with Crippen LogP contribution in [0.3, 0.4) is 0 Å². The standard InChI is InChI=1S/C13H23N5/c1-3-7-15-11-8-12(18-13(14)17-11)16-10-6-4-5-9(10)2/h8-10H,3-7H2,1-2H3,(H4,14,15,16,17,18). The molecule has 1 fully saturated rings. The lowest BCUT2D eigenvalue weighted by Gasteiger charge is -2.18. The van der Waals surface area contributed by atoms with E-state index in [0.29, 0.717) is 17.9 Å². The van der Waals surface area contributed by atoms with Crippen molar-refractivity contribution in [1.82, 2.24) is 9.97 Å². The first-order valence-electron chi connectivity index (χ1n) is 6.84. The molecule has 0 aromatic carbocycles. The van der Waals surface area contributed by atoms with Crippen molar-refractivity contribution in [3.63, 3.8) is 0 Å². The molecule has 0 spiro atoms. The number of hydrogen-bond acceptors (Lipinski definition) is 5. The minimum atomic E-state index is 0.323. The fraction of sp³-hybridized carbons (Fsp3) is 0.692. The van der Waals surface area contributed by atoms with Gasteiger partial charge in [-0.3, -0.25) is 0 Å². The van der Waals surface area contributed by atoms with Gasteiger partial charge in [0.05, 0.1) is 0 Å². The van der Waals surface area contributed by atoms with E-state index in [0.717, 1.165) is 24.6 Å². The number of rotatable bonds is 5. The maximum Gasteiger partial charge on any atom is 0.223 e. The topological polar surface area (TPSA) is 75.9 Å². The van der Waals surface area contributed by atoms with Crippen molar-refractivity contribution in [1.29, 1.82) is 0 Å². The zero-order chi connectivity index (χ0) is 13.0. The number of nitrogen functional groups attached to an aromatic ring is 1. The van der Waals surface area contributed by atoms with Gasteiger partial charge in [0, 0.05) is 18.7 Å². The summed E-state index contributed by atoms with van der Waals surface area (Å²) >= 11 is 0. The molecule has 0 amide bonds. The number of nitrogens with zero attached hydrogens (tertiary/aromatic N) is 2. The smallest absolute Gasteiger partial charge is 0.223 e. The van der Waals surface area contributed by atoms with Crippen LogP contribution in [0.5, 0.6) is 0 Å². The maximum atomic E-state index is 5.74. The summed E-state index contributed by atoms with van der Waals surface area (Å²) in [6.07, 6.45) is 4.86. The highest BCUT2D eigenvalue weighted by atomic mass is 15.1. The molecule has 0 radical (unpaired) electrons. The Morgan fingerprint density at radius 1 is 1.33 bits per heavy atom. The van der Waals surface area contributed by atoms with Crippen LogP contribution in [0.25, 0.3) is 0 Å². The molecule has 1 aromatic heterocycles. The zero-order valence-corrected chi connectivity index (χ0v) is 11.2. The van der Waals surface area contributed by atoms with Gasteiger partial charge in [-0.15, -0.1) is 0 Å². The van der Waals surface area contributed by atoms with Crippen LogP contribution >= 0.6 is 0 Å². The Morgan fingerprint density at radius 3 is 2.78 bits per heavy atom. The fourth-order valence-corrected chi connectivity index (χ4v) is 2.43. The molecule has 1 heterocycles. The molecule has 100 valence electrons. The lowest BCUT2D eigenvalue weighted by atomic mass is 10.1. The molecule has 1 aliphatic rings. The van der Waals surface area contributed by atoms with E-state index in [1.54, 1.807) is 0 Å². The highest BCUT2D eigenvalue weighted by molar-refractivity contribution is 5.51. The number of hydrogen-bond donors (Lipinski definition) is 3. The van der Waals surface area contributed by atoms with E-state index in [-0.39, 0.29) is 0 Å². The van der Waals surface area contributed by atoms with Gasteiger partial charge in [0.2, 0.25) is 5.95 Å². The van der Waals surface area contributed by atoms with Crippen molar-refractivity contribution in [3.05, 3.63) is 6.07 Å². The Labute approximate surface area is 109 Å². The Kier molecular flexibility index (Phi) is 4.23. The van der Waals surface area contributed by atoms with Gasteiger partial charge in [0.15, 0.2) is 0 Å². The van der Waals surface area contributed by atoms with Gasteiger partial charge in [-0.25, -0.2) is 0 Å². The summed E-state index contributed by atoms with van der Waals surface area (Å²) in [5, 5.41) is 6.72. The molecule has 2 atom stereocenters. The summed E-state index contributed by atoms with van der Waals surface area (Å²) in [5.74, 6) is 2.66. The molecule has 0 bridgehead atoms. The molecular weight excluding hydrogens is 226 g/mol. The van der Waals surface area contributed by atoms with Gasteiger partial charge < -0.3 is 16.4 Å². The van der Waals surface area contributed by atoms with Crippen molar-refractivity contribution in [2.24, 2.45) is 5.92 Å². The lowest BCUT2D eigenvalue weighted by Crippen LogP contribution is -2.23. The van der Waals surface area contributed by atoms with Crippen molar-refractivity contribution in [2.75, 3.05) is 22.9 Å². The van der Waals surface area contributed by atoms with Crippen molar-refractivity contribution >= 4 is 17.6 Å². The number of anilines is 3. The van der Waals surface area contributed by atoms with E-state index in [1.807, 2.05) is 6.07 Å². The van der Waals surface area contributed by atoms with Crippen molar-refractivity contribution < 1.29 is 0 Å². The van der Waals surface area contributed by atoms with Crippen LogP contribution in [0.4, 0.5) is 17.6 Å². The summed E-state index contributed by atoms with van der Waals surface area (Å²) in [6.45, 7) is 5.30. The first-order valence-corrected chi connectivity index (χ1v) is 6.84. The van der Waals surface area contributed by atoms with Crippen LogP contribution in [0.2, 0.25) is 0 Å². The molecular formula is C13H23N5. The first-order chi connectivity index (χ1) is 8.69. The molecule has 1 saturated carbocycles. The predicted molar refractivity (Wildman–Crippen MR) is 75.7 cm³/mol. The molecule has 0 saturated heterocycles. The summed E-state index contributed by atoms with van der Waals surface area (Å²) in [6, 6.07) is 2.45. The second-order valence-electron chi connectivity index (χ2n) is 5.08. The van der Waals surface area contributed by atoms with Gasteiger partial charge >= 0.3 is 0 Å². The van der Waals surface area contributed by atoms with Crippen LogP contribution in [-0.4, -0.2) is 22.6 Å². The van der Waals surface area contributed by atoms with Gasteiger partial charge in [0.1, 0.15) is 11.6 Å². The highest BCUT2D eigenvalue weighted by Crippen LogP contribution is 2.28. The maximum absolute atomic E-state index is 5.74. The van der Waals surface area contributed by atoms with E-state index < -0.39 is 0 Å². The summed E-state index contributed by atoms with van der Waals surface area (Å²) in [5.41, 5.74) is 5.74. The van der Waals surface area contributed by atoms with E-state index in [2.05, 4.69) is 34.4 Å². The minimum absolute atomic E-state index is 0.323. The third-order valence-corrected chi connectivity index (χ3v) is 3.49. The average molecular weight is 249 g/mol. The molecule has 18 heavy (non-hydrogen) atoms. The lowest BCUT2D eigenvalue weighted by molar-refractivity contribution is 0.555. The average Bonchev–Trinajstić information content (AvgIpc) is 2.72. The highest BCUT2D eigenvalue weighted by Gasteiger charge is 2.23. The minimum Gasteiger partial charge on any atom is -0.370 e. The van der Waals surface area contributed by atoms with Gasteiger partial charge in [0.25, 0.3) is 0 Å². The van der Waals surface area contributed by atoms with Crippen molar-refractivity contribution in [3.8, 4) is 0 Å². The Hall–Kier alpha value is -1.52. The molecule has 4 N–H and O–H groups in total. The molecule has 2 rings (SSSR count). The quantitative estimate of drug-likeness (QED) is 0.747. The molecule has 1 aliphatic carbocycles. The second kappa shape index (κ2) is 5.89. The largest absolute Gasteiger partial charge is 0.370 e. The Bertz CT molecular complexity index is 393. The van der Waals surface area contributed by atoms with E-state index in [4.69, 9.17) is 5.73 Å². The summed E-state index contributed by atoms with van der Waals surface area (Å²) in [4.78, 5) is 8.44. The van der Waals surface area contributed by atoms with Crippen LogP contribution in [-0.2, 0) is 0 Å². The summed E-state index contributed by atoms with van der Waals surface area (Å²) in [7, 11) is 0. The van der Waals surface area contributed by atoms with E-state index in [9.17, 15) is 0 Å². The molecule has 1 aromatic rings. The van der Waals surface area contributed by atoms with E-state index >= 15 is 0 Å². The molecule has 5 nitrogen and oxygen atoms in total. The molecule has 0 aliphatic heterocycles. The van der Waals surface area contributed by atoms with Crippen LogP contribution in [0, 0.1) is 5.92 Å². The summed E-state index contributed by atoms with van der Waals surface area (Å²) < 4.78 is 0. The third-order valence-electron chi connectivity index (χ3n) is 3.49. The Morgan fingerprint density at radius 2 is 2.11 bits per heavy atom. The fourth-order valence-electron chi connectivity index (χ4n) is 2.43. The SMILES string of the molecule is CCCNc1cc(NC2CCCC2C)nc(N)n1. The second-order valence-corrected chi connectivity index (χ2v) is 5.08. The monoisotopic (exact) mass is 249 g/mol. The van der Waals surface area contributed by atoms with Crippen LogP contribution < -0.4 is 16.4 Å². The number of nitrogens with one attached hydrogen (secondary N) is 2. The van der Waals surface area contributed by atoms with E-state index in [1.165, 1.54) is 19.3 Å². The van der Waals surface area contributed by atoms with Gasteiger partial charge in [-0.1, -0.05) is 20.3 Å². The van der Waals surface area contributed by atoms with Crippen LogP contribution in [0.15, 0.2) is 6.07 Å². The zero-order valence-electron chi connectivity index (χ0n) is 11.2. The predicted octanol–water partition coefficient (Wildman–Crippen LogP) is 2.48. The third kappa shape index (κ3) is 3.24. The molecule has 5 heteroatoms. The first kappa shape index (κ1) is 12.9. The van der Waals surface area contributed by atoms with Gasteiger partial charge in [-0.2, -0.15) is 9.97 Å². The number of aromatic nitrogens is 2. The molecule has 2 unspecified atom stereocenters. The number of nitrogens with two attached hydrogens (primary N) is 1. The van der Waals surface area contributed by atoms with Crippen molar-refractivity contribution in [2.45, 2.75) is 45.6 Å². The van der Waals surface area contributed by atoms with Gasteiger partial charge in [-0.05, 0) is 25.2 Å².